The lowest BCUT2D eigenvalue weighted by Gasteiger charge is -2.18. The molecular weight excluding hydrogens is 897 g/mol. The third-order valence-corrected chi connectivity index (χ3v) is 14.4. The van der Waals surface area contributed by atoms with E-state index in [2.05, 4.69) is 288 Å². The van der Waals surface area contributed by atoms with Crippen LogP contribution in [-0.4, -0.2) is 19.1 Å². The summed E-state index contributed by atoms with van der Waals surface area (Å²) in [6, 6.07) is 100. The van der Waals surface area contributed by atoms with Crippen LogP contribution in [0.4, 0.5) is 0 Å². The predicted molar refractivity (Wildman–Crippen MR) is 309 cm³/mol. The monoisotopic (exact) mass is 942 g/mol. The number of nitrogens with zero attached hydrogens (tertiary/aromatic N) is 4. The van der Waals surface area contributed by atoms with Crippen LogP contribution in [0.2, 0.25) is 0 Å². The summed E-state index contributed by atoms with van der Waals surface area (Å²) >= 11 is 0. The van der Waals surface area contributed by atoms with Crippen LogP contribution in [0.25, 0.3) is 133 Å². The van der Waals surface area contributed by atoms with Gasteiger partial charge in [-0.05, 0) is 118 Å². The molecule has 0 saturated heterocycles. The van der Waals surface area contributed by atoms with Crippen molar-refractivity contribution in [1.82, 2.24) is 19.1 Å². The maximum Gasteiger partial charge on any atom is 0.0715 e. The van der Waals surface area contributed by atoms with E-state index >= 15 is 0 Å². The highest BCUT2D eigenvalue weighted by atomic mass is 15.0. The highest BCUT2D eigenvalue weighted by molar-refractivity contribution is 6.10. The minimum Gasteiger partial charge on any atom is -0.309 e. The van der Waals surface area contributed by atoms with Crippen LogP contribution < -0.4 is 0 Å². The van der Waals surface area contributed by atoms with Crippen LogP contribution >= 0.6 is 0 Å². The normalized spacial score (nSPS) is 11.5. The second-order valence-corrected chi connectivity index (χ2v) is 19.0. The number of fused-ring (bicyclic) bond motifs is 6. The molecule has 0 atom stereocenters. The van der Waals surface area contributed by atoms with Crippen molar-refractivity contribution in [3.05, 3.63) is 279 Å². The number of hydrogen-bond donors (Lipinski definition) is 0. The lowest BCUT2D eigenvalue weighted by molar-refractivity contribution is 1.17. The molecule has 0 saturated carbocycles. The van der Waals surface area contributed by atoms with Gasteiger partial charge in [0.2, 0.25) is 0 Å². The van der Waals surface area contributed by atoms with Crippen LogP contribution in [0.1, 0.15) is 0 Å². The van der Waals surface area contributed by atoms with Crippen LogP contribution in [0.3, 0.4) is 0 Å². The first-order valence-corrected chi connectivity index (χ1v) is 25.2. The molecule has 10 aromatic carbocycles. The van der Waals surface area contributed by atoms with Crippen molar-refractivity contribution in [1.29, 1.82) is 0 Å². The molecule has 0 N–H and O–H groups in total. The van der Waals surface area contributed by atoms with Crippen molar-refractivity contribution in [2.24, 2.45) is 0 Å². The van der Waals surface area contributed by atoms with E-state index < -0.39 is 0 Å². The number of aromatic nitrogens is 4. The van der Waals surface area contributed by atoms with E-state index in [1.54, 1.807) is 0 Å². The van der Waals surface area contributed by atoms with Crippen molar-refractivity contribution in [2.75, 3.05) is 0 Å². The first kappa shape index (κ1) is 42.9. The molecular formula is C70H46N4. The predicted octanol–water partition coefficient (Wildman–Crippen LogP) is 18.3. The molecule has 0 aliphatic carbocycles. The number of pyridine rings is 2. The van der Waals surface area contributed by atoms with E-state index in [0.717, 1.165) is 112 Å². The summed E-state index contributed by atoms with van der Waals surface area (Å²) in [7, 11) is 0. The quantitative estimate of drug-likeness (QED) is 0.145. The Labute approximate surface area is 429 Å². The summed E-state index contributed by atoms with van der Waals surface area (Å²) in [4.78, 5) is 10.6. The zero-order valence-electron chi connectivity index (χ0n) is 40.3. The fourth-order valence-electron chi connectivity index (χ4n) is 11.0. The molecule has 14 rings (SSSR count). The Balaban J connectivity index is 1.08. The fraction of sp³-hybridized carbons (Fsp3) is 0. The van der Waals surface area contributed by atoms with Crippen molar-refractivity contribution in [3.63, 3.8) is 0 Å². The molecule has 74 heavy (non-hydrogen) atoms. The van der Waals surface area contributed by atoms with Gasteiger partial charge < -0.3 is 9.13 Å². The molecule has 0 aliphatic heterocycles. The van der Waals surface area contributed by atoms with Crippen molar-refractivity contribution in [3.8, 4) is 89.8 Å². The van der Waals surface area contributed by atoms with Gasteiger partial charge in [0.15, 0.2) is 0 Å². The summed E-state index contributed by atoms with van der Waals surface area (Å²) in [6.07, 6.45) is 0. The second-order valence-electron chi connectivity index (χ2n) is 19.0. The topological polar surface area (TPSA) is 35.6 Å². The maximum atomic E-state index is 5.31. The molecule has 0 fully saturated rings. The SMILES string of the molecule is c1ccc(-c2cc(-c3cc(-c4cc(-c5cc(-c6ccccc6)nc(-c6ccccc6)c5)cc(-n5c6ccccc6c6ccccc65)c4)cc(-n4c5ccccc5c5ccccc54)c3)cc(-c3ccccc3)n2)cc1. The first-order chi connectivity index (χ1) is 36.7. The molecule has 4 aromatic heterocycles. The minimum absolute atomic E-state index is 0.919. The summed E-state index contributed by atoms with van der Waals surface area (Å²) in [5.41, 5.74) is 21.2. The van der Waals surface area contributed by atoms with E-state index in [0.29, 0.717) is 0 Å². The molecule has 4 heteroatoms. The number of benzene rings is 10. The number of para-hydroxylation sites is 4. The molecule has 346 valence electrons. The van der Waals surface area contributed by atoms with E-state index in [1.165, 1.54) is 21.5 Å². The molecule has 4 heterocycles. The highest BCUT2D eigenvalue weighted by Gasteiger charge is 2.20. The van der Waals surface area contributed by atoms with Gasteiger partial charge in [-0.1, -0.05) is 194 Å². The highest BCUT2D eigenvalue weighted by Crippen LogP contribution is 2.42. The molecule has 0 aliphatic rings. The van der Waals surface area contributed by atoms with Crippen LogP contribution in [0.15, 0.2) is 279 Å². The average Bonchev–Trinajstić information content (AvgIpc) is 4.01. The first-order valence-electron chi connectivity index (χ1n) is 25.2. The largest absolute Gasteiger partial charge is 0.309 e. The van der Waals surface area contributed by atoms with Crippen LogP contribution in [0.5, 0.6) is 0 Å². The Hall–Kier alpha value is -9.90. The van der Waals surface area contributed by atoms with Gasteiger partial charge in [-0.3, -0.25) is 0 Å². The molecule has 0 radical (unpaired) electrons. The Bertz CT molecular complexity index is 3890. The average molecular weight is 943 g/mol. The molecule has 0 bridgehead atoms. The zero-order chi connectivity index (χ0) is 49.0. The van der Waals surface area contributed by atoms with Crippen LogP contribution in [-0.2, 0) is 0 Å². The van der Waals surface area contributed by atoms with Gasteiger partial charge in [0.25, 0.3) is 0 Å². The Morgan fingerprint density at radius 1 is 0.189 bits per heavy atom. The van der Waals surface area contributed by atoms with Crippen molar-refractivity contribution in [2.45, 2.75) is 0 Å². The van der Waals surface area contributed by atoms with Gasteiger partial charge in [-0.2, -0.15) is 0 Å². The fourth-order valence-corrected chi connectivity index (χ4v) is 11.0. The summed E-state index contributed by atoms with van der Waals surface area (Å²) in [6.45, 7) is 0. The summed E-state index contributed by atoms with van der Waals surface area (Å²) in [5, 5.41) is 4.86. The third kappa shape index (κ3) is 7.65. The van der Waals surface area contributed by atoms with Crippen LogP contribution in [0, 0.1) is 0 Å². The van der Waals surface area contributed by atoms with Gasteiger partial charge in [0.05, 0.1) is 44.8 Å². The Kier molecular flexibility index (Phi) is 10.5. The van der Waals surface area contributed by atoms with Gasteiger partial charge in [0, 0.05) is 55.2 Å². The van der Waals surface area contributed by atoms with Crippen molar-refractivity contribution >= 4 is 43.6 Å². The van der Waals surface area contributed by atoms with Gasteiger partial charge >= 0.3 is 0 Å². The van der Waals surface area contributed by atoms with Gasteiger partial charge in [-0.15, -0.1) is 0 Å². The van der Waals surface area contributed by atoms with E-state index in [9.17, 15) is 0 Å². The minimum atomic E-state index is 0.919. The molecule has 0 spiro atoms. The lowest BCUT2D eigenvalue weighted by Crippen LogP contribution is -1.99. The smallest absolute Gasteiger partial charge is 0.0715 e. The summed E-state index contributed by atoms with van der Waals surface area (Å²) in [5.74, 6) is 0. The van der Waals surface area contributed by atoms with Gasteiger partial charge in [-0.25, -0.2) is 9.97 Å². The third-order valence-electron chi connectivity index (χ3n) is 14.4. The maximum absolute atomic E-state index is 5.31. The Morgan fingerprint density at radius 2 is 0.405 bits per heavy atom. The Morgan fingerprint density at radius 3 is 0.662 bits per heavy atom. The molecule has 4 nitrogen and oxygen atoms in total. The lowest BCUT2D eigenvalue weighted by atomic mass is 9.93. The second kappa shape index (κ2) is 18.1. The van der Waals surface area contributed by atoms with E-state index in [4.69, 9.17) is 9.97 Å². The van der Waals surface area contributed by atoms with E-state index in [1.807, 2.05) is 0 Å². The molecule has 0 unspecified atom stereocenters. The molecule has 14 aromatic rings. The van der Waals surface area contributed by atoms with E-state index in [-0.39, 0.29) is 0 Å². The number of rotatable bonds is 9. The number of hydrogen-bond acceptors (Lipinski definition) is 2. The zero-order valence-corrected chi connectivity index (χ0v) is 40.3. The van der Waals surface area contributed by atoms with Crippen molar-refractivity contribution < 1.29 is 0 Å². The van der Waals surface area contributed by atoms with Gasteiger partial charge in [0.1, 0.15) is 0 Å². The summed E-state index contributed by atoms with van der Waals surface area (Å²) < 4.78 is 4.88. The molecule has 0 amide bonds. The standard InChI is InChI=1S/C70H46N4/c1-5-21-47(22-6-1)63-43-55(44-64(71-63)48-23-7-2-8-24-48)53-37-51(39-57(41-53)73-67-33-17-13-29-59(67)60-30-14-18-34-68(60)73)52-38-54(42-58(40-52)74-69-35-19-15-31-61(69)62-32-16-20-36-70(62)74)56-45-65(49-25-9-3-10-26-49)72-66(46-56)50-27-11-4-12-28-50/h1-46H.